The summed E-state index contributed by atoms with van der Waals surface area (Å²) in [6.07, 6.45) is -1.03. The SMILES string of the molecule is CCCCCN(C(=O)O)S(=O)(=O)N1c2[nH]c(c3ccccc23)/N=c2\[nH]c(c3ccccc23)=NC2=NC(=Nc3[nH]c1c1cc(S(=O)(=O)O)c(S(=O)(=O)O)c(S(=O)(=O)O)c31)c1ccccc12.[Al]. The number of amides is 1. The third-order valence-corrected chi connectivity index (χ3v) is 15.2. The molecular formula is C38H31AlN9O13S4. The first-order valence-corrected chi connectivity index (χ1v) is 24.5. The average Bonchev–Trinajstić information content (AvgIpc) is 3.96. The van der Waals surface area contributed by atoms with Crippen LogP contribution in [0.2, 0.25) is 0 Å². The van der Waals surface area contributed by atoms with Crippen LogP contribution in [0.4, 0.5) is 28.1 Å². The minimum atomic E-state index is -6.05. The topological polar surface area (TPSA) is 338 Å². The number of unbranched alkanes of at least 4 members (excludes halogenated alkanes) is 2. The van der Waals surface area contributed by atoms with E-state index in [1.165, 1.54) is 12.1 Å². The van der Waals surface area contributed by atoms with Gasteiger partial charge in [0.1, 0.15) is 48.9 Å². The summed E-state index contributed by atoms with van der Waals surface area (Å²) >= 11 is 0. The van der Waals surface area contributed by atoms with Crippen LogP contribution in [-0.2, 0) is 40.6 Å². The number of carboxylic acid groups (broad SMARTS) is 1. The number of hydrogen-bond donors (Lipinski definition) is 7. The Hall–Kier alpha value is -6.28. The molecule has 22 nitrogen and oxygen atoms in total. The first-order valence-electron chi connectivity index (χ1n) is 18.8. The van der Waals surface area contributed by atoms with Gasteiger partial charge in [-0.15, -0.1) is 0 Å². The van der Waals surface area contributed by atoms with Gasteiger partial charge in [-0.1, -0.05) is 92.6 Å². The molecule has 333 valence electrons. The molecule has 9 rings (SSSR count). The van der Waals surface area contributed by atoms with Gasteiger partial charge >= 0.3 is 16.3 Å². The minimum Gasteiger partial charge on any atom is -0.464 e. The summed E-state index contributed by atoms with van der Waals surface area (Å²) in [7, 11) is -23.5. The van der Waals surface area contributed by atoms with Crippen molar-refractivity contribution in [2.75, 3.05) is 10.8 Å². The normalized spacial score (nSPS) is 14.6. The number of nitrogens with zero attached hydrogens (tertiary/aromatic N) is 6. The van der Waals surface area contributed by atoms with Crippen molar-refractivity contribution in [3.8, 4) is 0 Å². The largest absolute Gasteiger partial charge is 0.464 e. The molecule has 0 fully saturated rings. The second-order valence-corrected chi connectivity index (χ2v) is 20.2. The Balaban J connectivity index is 0.00000576. The number of hydrogen-bond acceptors (Lipinski definition) is 13. The summed E-state index contributed by atoms with van der Waals surface area (Å²) in [5, 5.41) is 10.0. The Kier molecular flexibility index (Phi) is 11.2. The first-order chi connectivity index (χ1) is 30.2. The van der Waals surface area contributed by atoms with Crippen LogP contribution in [-0.4, -0.2) is 113 Å². The van der Waals surface area contributed by atoms with Gasteiger partial charge < -0.3 is 20.1 Å². The maximum atomic E-state index is 15.3. The van der Waals surface area contributed by atoms with Gasteiger partial charge in [0.05, 0.1) is 5.39 Å². The van der Waals surface area contributed by atoms with Gasteiger partial charge in [0.15, 0.2) is 11.7 Å². The van der Waals surface area contributed by atoms with E-state index in [1.807, 2.05) is 0 Å². The molecule has 0 saturated heterocycles. The van der Waals surface area contributed by atoms with Crippen LogP contribution in [0.3, 0.4) is 0 Å². The zero-order chi connectivity index (χ0) is 45.7. The van der Waals surface area contributed by atoms with Crippen LogP contribution in [0.1, 0.15) is 37.3 Å². The maximum absolute atomic E-state index is 15.3. The molecule has 2 aliphatic heterocycles. The average molecular weight is 977 g/mol. The second kappa shape index (κ2) is 16.0. The van der Waals surface area contributed by atoms with Gasteiger partial charge in [0.2, 0.25) is 0 Å². The van der Waals surface area contributed by atoms with E-state index >= 15 is 8.42 Å². The Bertz CT molecular complexity index is 3870. The lowest BCUT2D eigenvalue weighted by atomic mass is 10.1. The standard InChI is InChI=1S/C38H31N9O13S4.Al/c1-2-3-10-17-46(38(48)49)64(59,60)47-36-24-16-9-8-15-23(24)34(44-36)42-32-20-12-5-4-11-19(20)30(40-32)39-31-21-13-6-7-14-22(21)33(41-31)43-35-27-25(37(47)45-35)18-26(61(50,51)52)28(62(53,54)55)29(27)63(56,57)58;/h4-9,11-16,18,44-45H,2-3,10,17H2,1H3,(H,48,49)(H,50,51,52)(H,53,54,55)(H,56,57,58)(H,39,40,41,42,43);. The Labute approximate surface area is 378 Å². The summed E-state index contributed by atoms with van der Waals surface area (Å²) in [4.78, 5) is 34.8. The molecule has 0 unspecified atom stereocenters. The molecule has 65 heavy (non-hydrogen) atoms. The lowest BCUT2D eigenvalue weighted by Crippen LogP contribution is -2.45. The van der Waals surface area contributed by atoms with Gasteiger partial charge in [-0.2, -0.15) is 42.3 Å². The molecule has 3 radical (unpaired) electrons. The van der Waals surface area contributed by atoms with Crippen LogP contribution in [0, 0.1) is 0 Å². The van der Waals surface area contributed by atoms with E-state index in [4.69, 9.17) is 9.98 Å². The molecular weight excluding hydrogens is 946 g/mol. The van der Waals surface area contributed by atoms with E-state index in [2.05, 4.69) is 24.9 Å². The quantitative estimate of drug-likeness (QED) is 0.0597. The van der Waals surface area contributed by atoms with Gasteiger partial charge in [-0.05, 0) is 12.5 Å². The first kappa shape index (κ1) is 45.3. The number of aromatic amines is 3. The Morgan fingerprint density at radius 1 is 0.615 bits per heavy atom. The zero-order valence-corrected chi connectivity index (χ0v) is 37.6. The van der Waals surface area contributed by atoms with E-state index in [9.17, 15) is 48.8 Å². The fourth-order valence-corrected chi connectivity index (χ4v) is 12.7. The number of benzene rings is 4. The van der Waals surface area contributed by atoms with Crippen LogP contribution < -0.4 is 15.3 Å². The van der Waals surface area contributed by atoms with Gasteiger partial charge in [-0.3, -0.25) is 13.7 Å². The summed E-state index contributed by atoms with van der Waals surface area (Å²) in [5.74, 6) is -2.42. The van der Waals surface area contributed by atoms with Crippen LogP contribution in [0.15, 0.2) is 114 Å². The van der Waals surface area contributed by atoms with Crippen molar-refractivity contribution in [3.63, 3.8) is 0 Å². The number of H-pyrrole nitrogens is 3. The monoisotopic (exact) mass is 976 g/mol. The number of amidine groups is 2. The van der Waals surface area contributed by atoms with Crippen molar-refractivity contribution in [2.45, 2.75) is 40.9 Å². The van der Waals surface area contributed by atoms with Crippen molar-refractivity contribution in [1.29, 1.82) is 0 Å². The summed E-state index contributed by atoms with van der Waals surface area (Å²) in [6, 6.07) is 19.9. The lowest BCUT2D eigenvalue weighted by molar-refractivity contribution is 0.171. The minimum absolute atomic E-state index is 0. The molecule has 5 heterocycles. The molecule has 1 amide bonds. The molecule has 3 aromatic heterocycles. The highest BCUT2D eigenvalue weighted by molar-refractivity contribution is 7.91. The van der Waals surface area contributed by atoms with Crippen molar-refractivity contribution in [3.05, 3.63) is 101 Å². The van der Waals surface area contributed by atoms with Crippen molar-refractivity contribution in [2.24, 2.45) is 20.0 Å². The maximum Gasteiger partial charge on any atom is 0.422 e. The Morgan fingerprint density at radius 2 is 1.14 bits per heavy atom. The highest BCUT2D eigenvalue weighted by Crippen LogP contribution is 2.48. The van der Waals surface area contributed by atoms with Crippen molar-refractivity contribution in [1.82, 2.24) is 19.3 Å². The lowest BCUT2D eigenvalue weighted by Gasteiger charge is -2.28. The number of rotatable bonds is 9. The second-order valence-electron chi connectivity index (χ2n) is 14.4. The smallest absolute Gasteiger partial charge is 0.422 e. The molecule has 8 bridgehead atoms. The molecule has 27 heteroatoms. The molecule has 0 atom stereocenters. The van der Waals surface area contributed by atoms with Crippen molar-refractivity contribution >= 4 is 131 Å². The number of aliphatic imine (C=N–C) groups is 2. The van der Waals surface area contributed by atoms with Crippen LogP contribution in [0.5, 0.6) is 0 Å². The van der Waals surface area contributed by atoms with E-state index in [-0.39, 0.29) is 72.9 Å². The van der Waals surface area contributed by atoms with E-state index in [0.717, 1.165) is 0 Å². The zero-order valence-electron chi connectivity index (χ0n) is 33.2. The fraction of sp³-hybridized carbons (Fsp3) is 0.132. The molecule has 0 spiro atoms. The highest BCUT2D eigenvalue weighted by atomic mass is 32.2. The number of fused-ring (bicyclic) bond motifs is 19. The molecule has 7 N–H and O–H groups in total. The molecule has 4 aromatic carbocycles. The number of nitrogens with one attached hydrogen (secondary N) is 3. The molecule has 7 aromatic rings. The van der Waals surface area contributed by atoms with Crippen molar-refractivity contribution < 1.29 is 57.2 Å². The van der Waals surface area contributed by atoms with Crippen LogP contribution >= 0.6 is 0 Å². The highest BCUT2D eigenvalue weighted by Gasteiger charge is 2.43. The fourth-order valence-electron chi connectivity index (χ4n) is 7.76. The summed E-state index contributed by atoms with van der Waals surface area (Å²) < 4.78 is 142. The molecule has 0 aliphatic carbocycles. The van der Waals surface area contributed by atoms with Gasteiger partial charge in [0.25, 0.3) is 30.4 Å². The van der Waals surface area contributed by atoms with E-state index < -0.39 is 96.1 Å². The number of anilines is 2. The third kappa shape index (κ3) is 7.58. The summed E-state index contributed by atoms with van der Waals surface area (Å²) in [5.41, 5.74) is 1.10. The summed E-state index contributed by atoms with van der Waals surface area (Å²) in [6.45, 7) is 1.16. The molecule has 2 aliphatic rings. The van der Waals surface area contributed by atoms with Gasteiger partial charge in [0, 0.05) is 62.0 Å². The predicted octanol–water partition coefficient (Wildman–Crippen LogP) is 4.47. The van der Waals surface area contributed by atoms with E-state index in [1.54, 1.807) is 67.6 Å². The number of aromatic nitrogens is 3. The van der Waals surface area contributed by atoms with Crippen LogP contribution in [0.25, 0.3) is 32.3 Å². The van der Waals surface area contributed by atoms with E-state index in [0.29, 0.717) is 39.5 Å². The van der Waals surface area contributed by atoms with Gasteiger partial charge in [-0.25, -0.2) is 24.8 Å². The third-order valence-electron chi connectivity index (χ3n) is 10.4. The number of carbonyl (C=O) groups is 1. The molecule has 0 saturated carbocycles. The predicted molar refractivity (Wildman–Crippen MR) is 237 cm³/mol. The Morgan fingerprint density at radius 3 is 1.71 bits per heavy atom.